The fraction of sp³-hybridized carbons (Fsp3) is 0.250. The number of Topliss-reactive ketones (excluding diaryl/α,β-unsaturated/α-hetero) is 1. The number of fused-ring (bicyclic) bond motifs is 1. The van der Waals surface area contributed by atoms with E-state index in [2.05, 4.69) is 4.98 Å². The Hall–Kier alpha value is -1.28. The average Bonchev–Trinajstić information content (AvgIpc) is 2.57. The Morgan fingerprint density at radius 2 is 2.27 bits per heavy atom. The molecular formula is C12H12ClNO. The summed E-state index contributed by atoms with van der Waals surface area (Å²) in [5.41, 5.74) is 2.22. The molecule has 0 radical (unpaired) electrons. The molecule has 0 amide bonds. The number of rotatable bonds is 3. The van der Waals surface area contributed by atoms with E-state index in [9.17, 15) is 4.79 Å². The van der Waals surface area contributed by atoms with Gasteiger partial charge in [-0.15, -0.1) is 0 Å². The quantitative estimate of drug-likeness (QED) is 0.847. The first-order valence-corrected chi connectivity index (χ1v) is 5.29. The summed E-state index contributed by atoms with van der Waals surface area (Å²) in [6.07, 6.45) is 3.30. The van der Waals surface area contributed by atoms with Crippen LogP contribution in [-0.4, -0.2) is 10.8 Å². The summed E-state index contributed by atoms with van der Waals surface area (Å²) in [4.78, 5) is 14.1. The van der Waals surface area contributed by atoms with Crippen molar-refractivity contribution >= 4 is 28.3 Å². The van der Waals surface area contributed by atoms with E-state index in [0.717, 1.165) is 27.9 Å². The van der Waals surface area contributed by atoms with Gasteiger partial charge in [-0.25, -0.2) is 0 Å². The molecule has 0 aliphatic rings. The molecule has 1 N–H and O–H groups in total. The van der Waals surface area contributed by atoms with Crippen molar-refractivity contribution in [2.45, 2.75) is 19.8 Å². The Balaban J connectivity index is 2.35. The summed E-state index contributed by atoms with van der Waals surface area (Å²) < 4.78 is 0. The van der Waals surface area contributed by atoms with E-state index in [4.69, 9.17) is 11.6 Å². The summed E-state index contributed by atoms with van der Waals surface area (Å²) in [6, 6.07) is 5.74. The maximum absolute atomic E-state index is 10.9. The monoisotopic (exact) mass is 221 g/mol. The summed E-state index contributed by atoms with van der Waals surface area (Å²) in [6.45, 7) is 1.61. The molecule has 0 spiro atoms. The number of nitrogens with one attached hydrogen (secondary N) is 1. The van der Waals surface area contributed by atoms with Crippen LogP contribution in [0.25, 0.3) is 10.9 Å². The van der Waals surface area contributed by atoms with E-state index < -0.39 is 0 Å². The van der Waals surface area contributed by atoms with E-state index in [1.165, 1.54) is 0 Å². The molecule has 0 saturated heterocycles. The average molecular weight is 222 g/mol. The molecule has 1 aromatic heterocycles. The Bertz CT molecular complexity index is 501. The number of aryl methyl sites for hydroxylation is 1. The van der Waals surface area contributed by atoms with Crippen molar-refractivity contribution in [1.29, 1.82) is 0 Å². The van der Waals surface area contributed by atoms with Crippen LogP contribution in [0.15, 0.2) is 24.4 Å². The van der Waals surface area contributed by atoms with Crippen molar-refractivity contribution in [1.82, 2.24) is 4.98 Å². The molecule has 0 aliphatic heterocycles. The fourth-order valence-corrected chi connectivity index (χ4v) is 1.84. The van der Waals surface area contributed by atoms with Crippen LogP contribution in [-0.2, 0) is 11.2 Å². The van der Waals surface area contributed by atoms with Gasteiger partial charge in [0.05, 0.1) is 0 Å². The van der Waals surface area contributed by atoms with Crippen LogP contribution < -0.4 is 0 Å². The normalized spacial score (nSPS) is 10.8. The van der Waals surface area contributed by atoms with Crippen LogP contribution in [0.1, 0.15) is 18.9 Å². The zero-order valence-electron chi connectivity index (χ0n) is 8.51. The third-order valence-electron chi connectivity index (χ3n) is 2.48. The summed E-state index contributed by atoms with van der Waals surface area (Å²) in [5, 5.41) is 1.84. The lowest BCUT2D eigenvalue weighted by molar-refractivity contribution is -0.116. The van der Waals surface area contributed by atoms with E-state index in [1.54, 1.807) is 6.92 Å². The topological polar surface area (TPSA) is 32.9 Å². The first-order valence-electron chi connectivity index (χ1n) is 4.92. The maximum Gasteiger partial charge on any atom is 0.130 e. The minimum absolute atomic E-state index is 0.214. The van der Waals surface area contributed by atoms with Gasteiger partial charge in [-0.05, 0) is 37.1 Å². The fourth-order valence-electron chi connectivity index (χ4n) is 1.67. The second-order valence-electron chi connectivity index (χ2n) is 3.71. The van der Waals surface area contributed by atoms with Gasteiger partial charge in [-0.1, -0.05) is 11.6 Å². The zero-order chi connectivity index (χ0) is 10.8. The molecule has 0 fully saturated rings. The zero-order valence-corrected chi connectivity index (χ0v) is 9.27. The van der Waals surface area contributed by atoms with Gasteiger partial charge >= 0.3 is 0 Å². The van der Waals surface area contributed by atoms with E-state index in [-0.39, 0.29) is 5.78 Å². The summed E-state index contributed by atoms with van der Waals surface area (Å²) in [7, 11) is 0. The lowest BCUT2D eigenvalue weighted by Gasteiger charge is -1.97. The predicted octanol–water partition coefficient (Wildman–Crippen LogP) is 3.34. The molecule has 0 aliphatic carbocycles. The highest BCUT2D eigenvalue weighted by Gasteiger charge is 2.05. The van der Waals surface area contributed by atoms with Gasteiger partial charge in [0.1, 0.15) is 5.78 Å². The van der Waals surface area contributed by atoms with Crippen molar-refractivity contribution in [2.24, 2.45) is 0 Å². The molecule has 1 heterocycles. The number of hydrogen-bond donors (Lipinski definition) is 1. The summed E-state index contributed by atoms with van der Waals surface area (Å²) >= 11 is 5.93. The molecule has 1 aromatic carbocycles. The van der Waals surface area contributed by atoms with Crippen LogP contribution in [0.2, 0.25) is 5.02 Å². The largest absolute Gasteiger partial charge is 0.361 e. The van der Waals surface area contributed by atoms with Gasteiger partial charge in [-0.3, -0.25) is 0 Å². The third kappa shape index (κ3) is 2.21. The highest BCUT2D eigenvalue weighted by Crippen LogP contribution is 2.23. The number of carbonyl (C=O) groups is 1. The van der Waals surface area contributed by atoms with E-state index in [0.29, 0.717) is 6.42 Å². The maximum atomic E-state index is 10.9. The first kappa shape index (κ1) is 10.2. The number of hydrogen-bond acceptors (Lipinski definition) is 1. The Morgan fingerprint density at radius 1 is 1.47 bits per heavy atom. The third-order valence-corrected chi connectivity index (χ3v) is 2.71. The number of carbonyl (C=O) groups excluding carboxylic acids is 1. The number of benzene rings is 1. The minimum atomic E-state index is 0.214. The second kappa shape index (κ2) is 4.07. The van der Waals surface area contributed by atoms with Crippen LogP contribution in [0, 0.1) is 0 Å². The van der Waals surface area contributed by atoms with E-state index in [1.807, 2.05) is 24.4 Å². The number of H-pyrrole nitrogens is 1. The number of aromatic amines is 1. The molecule has 2 rings (SSSR count). The minimum Gasteiger partial charge on any atom is -0.361 e. The smallest absolute Gasteiger partial charge is 0.130 e. The van der Waals surface area contributed by atoms with E-state index >= 15 is 0 Å². The van der Waals surface area contributed by atoms with Crippen LogP contribution in [0.4, 0.5) is 0 Å². The molecule has 0 bridgehead atoms. The second-order valence-corrected chi connectivity index (χ2v) is 4.14. The lowest BCUT2D eigenvalue weighted by Crippen LogP contribution is -1.92. The lowest BCUT2D eigenvalue weighted by atomic mass is 10.1. The Labute approximate surface area is 93.2 Å². The van der Waals surface area contributed by atoms with Crippen LogP contribution in [0.5, 0.6) is 0 Å². The molecule has 0 saturated carbocycles. The molecule has 78 valence electrons. The molecule has 3 heteroatoms. The van der Waals surface area contributed by atoms with Crippen molar-refractivity contribution in [3.63, 3.8) is 0 Å². The Kier molecular flexibility index (Phi) is 2.78. The molecule has 0 atom stereocenters. The van der Waals surface area contributed by atoms with Gasteiger partial charge in [0.2, 0.25) is 0 Å². The highest BCUT2D eigenvalue weighted by atomic mass is 35.5. The van der Waals surface area contributed by atoms with Gasteiger partial charge in [0.25, 0.3) is 0 Å². The molecule has 0 unspecified atom stereocenters. The van der Waals surface area contributed by atoms with Crippen LogP contribution >= 0.6 is 11.6 Å². The van der Waals surface area contributed by atoms with Gasteiger partial charge in [-0.2, -0.15) is 0 Å². The number of ketones is 1. The Morgan fingerprint density at radius 3 is 3.00 bits per heavy atom. The van der Waals surface area contributed by atoms with Crippen LogP contribution in [0.3, 0.4) is 0 Å². The van der Waals surface area contributed by atoms with Gasteiger partial charge in [0.15, 0.2) is 0 Å². The van der Waals surface area contributed by atoms with Crippen molar-refractivity contribution in [2.75, 3.05) is 0 Å². The molecule has 2 aromatic rings. The van der Waals surface area contributed by atoms with Gasteiger partial charge < -0.3 is 9.78 Å². The van der Waals surface area contributed by atoms with Crippen molar-refractivity contribution < 1.29 is 4.79 Å². The first-order chi connectivity index (χ1) is 7.16. The van der Waals surface area contributed by atoms with Crippen molar-refractivity contribution in [3.05, 3.63) is 35.0 Å². The SMILES string of the molecule is CC(=O)CCc1c[nH]c2ccc(Cl)cc12. The molecular weight excluding hydrogens is 210 g/mol. The highest BCUT2D eigenvalue weighted by molar-refractivity contribution is 6.31. The number of aromatic nitrogens is 1. The molecule has 2 nitrogen and oxygen atoms in total. The predicted molar refractivity (Wildman–Crippen MR) is 62.3 cm³/mol. The standard InChI is InChI=1S/C12H12ClNO/c1-8(15)2-3-9-7-14-12-5-4-10(13)6-11(9)12/h4-7,14H,2-3H2,1H3. The van der Waals surface area contributed by atoms with Gasteiger partial charge in [0, 0.05) is 28.5 Å². The molecule has 15 heavy (non-hydrogen) atoms. The number of halogens is 1. The van der Waals surface area contributed by atoms with Crippen molar-refractivity contribution in [3.8, 4) is 0 Å². The summed E-state index contributed by atoms with van der Waals surface area (Å²) in [5.74, 6) is 0.214.